The van der Waals surface area contributed by atoms with Crippen LogP contribution in [0, 0.1) is 5.92 Å². The number of hydrogen-bond donors (Lipinski definition) is 1. The molecule has 0 aromatic carbocycles. The molecule has 0 aliphatic carbocycles. The molecule has 0 saturated carbocycles. The van der Waals surface area contributed by atoms with E-state index in [-0.39, 0.29) is 18.1 Å². The van der Waals surface area contributed by atoms with Crippen LogP contribution >= 0.6 is 0 Å². The lowest BCUT2D eigenvalue weighted by atomic mass is 10.00. The summed E-state index contributed by atoms with van der Waals surface area (Å²) >= 11 is 0. The van der Waals surface area contributed by atoms with Gasteiger partial charge in [0.1, 0.15) is 6.10 Å². The number of nitrogens with zero attached hydrogens (tertiary/aromatic N) is 1. The van der Waals surface area contributed by atoms with Gasteiger partial charge in [-0.15, -0.1) is 0 Å². The molecule has 98 valence electrons. The molecular weight excluding hydrogens is 228 g/mol. The molecule has 0 unspecified atom stereocenters. The zero-order valence-corrected chi connectivity index (χ0v) is 10.9. The summed E-state index contributed by atoms with van der Waals surface area (Å²) in [4.78, 5) is 16.4. The molecule has 2 heterocycles. The van der Waals surface area contributed by atoms with Crippen molar-refractivity contribution in [1.82, 2.24) is 10.3 Å². The lowest BCUT2D eigenvalue weighted by Gasteiger charge is -2.23. The van der Waals surface area contributed by atoms with E-state index < -0.39 is 0 Å². The second-order valence-electron chi connectivity index (χ2n) is 4.99. The maximum atomic E-state index is 12.1. The fourth-order valence-corrected chi connectivity index (χ4v) is 2.17. The molecule has 0 spiro atoms. The summed E-state index contributed by atoms with van der Waals surface area (Å²) in [6, 6.07) is 5.71. The maximum absolute atomic E-state index is 12.1. The summed E-state index contributed by atoms with van der Waals surface area (Å²) in [6.07, 6.45) is 3.26. The zero-order valence-electron chi connectivity index (χ0n) is 10.9. The second-order valence-corrected chi connectivity index (χ2v) is 4.99. The number of rotatable bonds is 4. The summed E-state index contributed by atoms with van der Waals surface area (Å²) in [5, 5.41) is 3.05. The van der Waals surface area contributed by atoms with Gasteiger partial charge < -0.3 is 10.1 Å². The van der Waals surface area contributed by atoms with Gasteiger partial charge in [0.2, 0.25) is 5.91 Å². The summed E-state index contributed by atoms with van der Waals surface area (Å²) in [5.41, 5.74) is 0.902. The lowest BCUT2D eigenvalue weighted by Crippen LogP contribution is -2.39. The largest absolute Gasteiger partial charge is 0.368 e. The van der Waals surface area contributed by atoms with Crippen molar-refractivity contribution in [3.05, 3.63) is 30.1 Å². The van der Waals surface area contributed by atoms with Crippen LogP contribution in [0.3, 0.4) is 0 Å². The van der Waals surface area contributed by atoms with Crippen LogP contribution in [0.2, 0.25) is 0 Å². The third-order valence-electron chi connectivity index (χ3n) is 3.19. The van der Waals surface area contributed by atoms with Crippen molar-refractivity contribution in [2.75, 3.05) is 6.61 Å². The fourth-order valence-electron chi connectivity index (χ4n) is 2.17. The zero-order chi connectivity index (χ0) is 13.0. The van der Waals surface area contributed by atoms with Crippen LogP contribution in [0.15, 0.2) is 24.4 Å². The van der Waals surface area contributed by atoms with E-state index in [1.165, 1.54) is 0 Å². The molecule has 1 amide bonds. The minimum absolute atomic E-state index is 0.0168. The van der Waals surface area contributed by atoms with Crippen LogP contribution < -0.4 is 5.32 Å². The molecule has 0 radical (unpaired) electrons. The van der Waals surface area contributed by atoms with Crippen molar-refractivity contribution >= 4 is 5.91 Å². The minimum atomic E-state index is -0.282. The predicted octanol–water partition coefficient (Wildman–Crippen LogP) is 2.07. The Bertz CT molecular complexity index is 386. The van der Waals surface area contributed by atoms with Crippen molar-refractivity contribution in [2.24, 2.45) is 5.92 Å². The Morgan fingerprint density at radius 2 is 2.33 bits per heavy atom. The highest BCUT2D eigenvalue weighted by Crippen LogP contribution is 2.21. The number of aromatic nitrogens is 1. The smallest absolute Gasteiger partial charge is 0.249 e. The molecule has 4 nitrogen and oxygen atoms in total. The van der Waals surface area contributed by atoms with Crippen molar-refractivity contribution in [3.8, 4) is 0 Å². The average Bonchev–Trinajstić information content (AvgIpc) is 2.90. The van der Waals surface area contributed by atoms with Crippen molar-refractivity contribution in [3.63, 3.8) is 0 Å². The van der Waals surface area contributed by atoms with Crippen LogP contribution in [-0.2, 0) is 9.53 Å². The lowest BCUT2D eigenvalue weighted by molar-refractivity contribution is -0.131. The summed E-state index contributed by atoms with van der Waals surface area (Å²) < 4.78 is 5.40. The number of pyridine rings is 1. The van der Waals surface area contributed by atoms with Crippen LogP contribution in [0.4, 0.5) is 0 Å². The Kier molecular flexibility index (Phi) is 4.31. The number of ether oxygens (including phenoxy) is 1. The molecule has 1 N–H and O–H groups in total. The number of amides is 1. The molecule has 2 atom stereocenters. The van der Waals surface area contributed by atoms with E-state index in [4.69, 9.17) is 4.74 Å². The van der Waals surface area contributed by atoms with Gasteiger partial charge in [-0.2, -0.15) is 0 Å². The van der Waals surface area contributed by atoms with E-state index in [0.717, 1.165) is 18.5 Å². The molecular formula is C14H20N2O2. The molecule has 4 heteroatoms. The Balaban J connectivity index is 2.05. The van der Waals surface area contributed by atoms with Gasteiger partial charge in [0.15, 0.2) is 0 Å². The first kappa shape index (κ1) is 13.0. The Morgan fingerprint density at radius 3 is 2.89 bits per heavy atom. The van der Waals surface area contributed by atoms with Gasteiger partial charge in [0.05, 0.1) is 11.7 Å². The van der Waals surface area contributed by atoms with E-state index in [9.17, 15) is 4.79 Å². The number of carbonyl (C=O) groups excluding carboxylic acids is 1. The van der Waals surface area contributed by atoms with Gasteiger partial charge in [0, 0.05) is 12.8 Å². The molecule has 0 bridgehead atoms. The third-order valence-corrected chi connectivity index (χ3v) is 3.19. The quantitative estimate of drug-likeness (QED) is 0.887. The number of nitrogens with one attached hydrogen (secondary N) is 1. The summed E-state index contributed by atoms with van der Waals surface area (Å²) in [6.45, 7) is 4.85. The second kappa shape index (κ2) is 5.96. The highest BCUT2D eigenvalue weighted by molar-refractivity contribution is 5.81. The molecule has 1 aromatic rings. The van der Waals surface area contributed by atoms with E-state index in [1.54, 1.807) is 6.20 Å². The molecule has 1 fully saturated rings. The molecule has 1 aromatic heterocycles. The van der Waals surface area contributed by atoms with Gasteiger partial charge in [-0.05, 0) is 30.9 Å². The van der Waals surface area contributed by atoms with Crippen molar-refractivity contribution in [1.29, 1.82) is 0 Å². The monoisotopic (exact) mass is 248 g/mol. The van der Waals surface area contributed by atoms with Crippen LogP contribution in [0.5, 0.6) is 0 Å². The molecule has 18 heavy (non-hydrogen) atoms. The number of carbonyl (C=O) groups is 1. The van der Waals surface area contributed by atoms with Crippen molar-refractivity contribution in [2.45, 2.75) is 38.8 Å². The first-order chi connectivity index (χ1) is 8.68. The highest BCUT2D eigenvalue weighted by Gasteiger charge is 2.27. The summed E-state index contributed by atoms with van der Waals surface area (Å²) in [5.74, 6) is 0.280. The third kappa shape index (κ3) is 3.07. The Hall–Kier alpha value is -1.42. The van der Waals surface area contributed by atoms with E-state index in [2.05, 4.69) is 24.1 Å². The Labute approximate surface area is 108 Å². The highest BCUT2D eigenvalue weighted by atomic mass is 16.5. The fraction of sp³-hybridized carbons (Fsp3) is 0.571. The van der Waals surface area contributed by atoms with Gasteiger partial charge in [-0.25, -0.2) is 0 Å². The first-order valence-electron chi connectivity index (χ1n) is 6.51. The maximum Gasteiger partial charge on any atom is 0.249 e. The van der Waals surface area contributed by atoms with Crippen LogP contribution in [0.25, 0.3) is 0 Å². The first-order valence-corrected chi connectivity index (χ1v) is 6.51. The van der Waals surface area contributed by atoms with E-state index in [0.29, 0.717) is 12.5 Å². The van der Waals surface area contributed by atoms with Crippen LogP contribution in [-0.4, -0.2) is 23.6 Å². The van der Waals surface area contributed by atoms with E-state index >= 15 is 0 Å². The summed E-state index contributed by atoms with van der Waals surface area (Å²) in [7, 11) is 0. The predicted molar refractivity (Wildman–Crippen MR) is 68.9 cm³/mol. The Morgan fingerprint density at radius 1 is 1.50 bits per heavy atom. The van der Waals surface area contributed by atoms with Gasteiger partial charge >= 0.3 is 0 Å². The van der Waals surface area contributed by atoms with Gasteiger partial charge in [-0.1, -0.05) is 19.9 Å². The topological polar surface area (TPSA) is 51.2 Å². The molecule has 1 aliphatic rings. The average molecular weight is 248 g/mol. The molecule has 2 rings (SSSR count). The van der Waals surface area contributed by atoms with Gasteiger partial charge in [0.25, 0.3) is 0 Å². The van der Waals surface area contributed by atoms with Crippen LogP contribution in [0.1, 0.15) is 38.4 Å². The normalized spacial score (nSPS) is 20.9. The SMILES string of the molecule is CC(C)[C@@H](NC(=O)[C@@H]1CCCO1)c1ccccn1. The molecule has 1 aliphatic heterocycles. The van der Waals surface area contributed by atoms with Crippen molar-refractivity contribution < 1.29 is 9.53 Å². The molecule has 1 saturated heterocycles. The van der Waals surface area contributed by atoms with Gasteiger partial charge in [-0.3, -0.25) is 9.78 Å². The standard InChI is InChI=1S/C14H20N2O2/c1-10(2)13(11-6-3-4-8-15-11)16-14(17)12-7-5-9-18-12/h3-4,6,8,10,12-13H,5,7,9H2,1-2H3,(H,16,17)/t12-,13+/m0/s1. The number of hydrogen-bond acceptors (Lipinski definition) is 3. The minimum Gasteiger partial charge on any atom is -0.368 e. The van der Waals surface area contributed by atoms with E-state index in [1.807, 2.05) is 18.2 Å².